The van der Waals surface area contributed by atoms with Gasteiger partial charge in [0.1, 0.15) is 17.5 Å². The van der Waals surface area contributed by atoms with E-state index in [-0.39, 0.29) is 5.82 Å². The van der Waals surface area contributed by atoms with Crippen molar-refractivity contribution < 1.29 is 0 Å². The van der Waals surface area contributed by atoms with Crippen LogP contribution in [0, 0.1) is 11.3 Å². The number of hydrogen-bond donors (Lipinski definition) is 1. The Bertz CT molecular complexity index is 916. The minimum Gasteiger partial charge on any atom is -0.383 e. The molecule has 0 unspecified atom stereocenters. The fourth-order valence-corrected chi connectivity index (χ4v) is 2.87. The van der Waals surface area contributed by atoms with Crippen molar-refractivity contribution in [2.45, 2.75) is 0 Å². The SMILES string of the molecule is N#Cc1c(-c2ccc(Cl)cc2Cl)cc(-c2ccccc2)nc1N. The highest BCUT2D eigenvalue weighted by atomic mass is 35.5. The lowest BCUT2D eigenvalue weighted by atomic mass is 9.98. The van der Waals surface area contributed by atoms with E-state index in [9.17, 15) is 5.26 Å². The van der Waals surface area contributed by atoms with E-state index in [4.69, 9.17) is 28.9 Å². The quantitative estimate of drug-likeness (QED) is 0.699. The van der Waals surface area contributed by atoms with Gasteiger partial charge in [-0.05, 0) is 18.2 Å². The lowest BCUT2D eigenvalue weighted by molar-refractivity contribution is 1.31. The van der Waals surface area contributed by atoms with Crippen LogP contribution in [0.2, 0.25) is 10.0 Å². The molecule has 112 valence electrons. The summed E-state index contributed by atoms with van der Waals surface area (Å²) in [6, 6.07) is 18.7. The monoisotopic (exact) mass is 339 g/mol. The number of rotatable bonds is 2. The second-order valence-electron chi connectivity index (χ2n) is 4.92. The molecule has 0 amide bonds. The average molecular weight is 340 g/mol. The lowest BCUT2D eigenvalue weighted by Crippen LogP contribution is -2.00. The predicted octanol–water partition coefficient (Wildman–Crippen LogP) is 5.18. The first kappa shape index (κ1) is 15.4. The second-order valence-corrected chi connectivity index (χ2v) is 5.76. The number of aromatic nitrogens is 1. The predicted molar refractivity (Wildman–Crippen MR) is 94.3 cm³/mol. The minimum absolute atomic E-state index is 0.176. The summed E-state index contributed by atoms with van der Waals surface area (Å²) in [6.07, 6.45) is 0. The number of halogens is 2. The van der Waals surface area contributed by atoms with Crippen LogP contribution in [0.1, 0.15) is 5.56 Å². The Morgan fingerprint density at radius 3 is 2.35 bits per heavy atom. The molecular formula is C18H11Cl2N3. The Morgan fingerprint density at radius 2 is 1.70 bits per heavy atom. The smallest absolute Gasteiger partial charge is 0.142 e. The van der Waals surface area contributed by atoms with Crippen molar-refractivity contribution in [3.63, 3.8) is 0 Å². The molecule has 1 heterocycles. The molecule has 3 aromatic rings. The molecule has 0 aliphatic rings. The fourth-order valence-electron chi connectivity index (χ4n) is 2.36. The zero-order valence-electron chi connectivity index (χ0n) is 11.9. The first-order chi connectivity index (χ1) is 11.1. The van der Waals surface area contributed by atoms with Crippen LogP contribution in [0.25, 0.3) is 22.4 Å². The molecule has 0 spiro atoms. The summed E-state index contributed by atoms with van der Waals surface area (Å²) in [5.41, 5.74) is 9.21. The third-order valence-electron chi connectivity index (χ3n) is 3.45. The number of nitriles is 1. The molecule has 0 saturated carbocycles. The van der Waals surface area contributed by atoms with Gasteiger partial charge in [-0.15, -0.1) is 0 Å². The van der Waals surface area contributed by atoms with Crippen molar-refractivity contribution in [2.75, 3.05) is 5.73 Å². The van der Waals surface area contributed by atoms with E-state index < -0.39 is 0 Å². The Balaban J connectivity index is 2.27. The molecule has 2 aromatic carbocycles. The lowest BCUT2D eigenvalue weighted by Gasteiger charge is -2.11. The number of nitrogen functional groups attached to an aromatic ring is 1. The van der Waals surface area contributed by atoms with Gasteiger partial charge in [-0.1, -0.05) is 59.6 Å². The zero-order valence-corrected chi connectivity index (χ0v) is 13.4. The van der Waals surface area contributed by atoms with Gasteiger partial charge in [-0.3, -0.25) is 0 Å². The molecular weight excluding hydrogens is 329 g/mol. The number of benzene rings is 2. The molecule has 0 bridgehead atoms. The van der Waals surface area contributed by atoms with Crippen LogP contribution in [0.5, 0.6) is 0 Å². The van der Waals surface area contributed by atoms with Gasteiger partial charge in [-0.25, -0.2) is 4.98 Å². The van der Waals surface area contributed by atoms with Crippen LogP contribution in [0.15, 0.2) is 54.6 Å². The van der Waals surface area contributed by atoms with Crippen molar-refractivity contribution in [1.29, 1.82) is 5.26 Å². The molecule has 5 heteroatoms. The maximum absolute atomic E-state index is 9.43. The highest BCUT2D eigenvalue weighted by Gasteiger charge is 2.15. The molecule has 3 nitrogen and oxygen atoms in total. The largest absolute Gasteiger partial charge is 0.383 e. The van der Waals surface area contributed by atoms with Gasteiger partial charge in [-0.2, -0.15) is 5.26 Å². The van der Waals surface area contributed by atoms with Gasteiger partial charge >= 0.3 is 0 Å². The van der Waals surface area contributed by atoms with Gasteiger partial charge in [0, 0.05) is 26.7 Å². The van der Waals surface area contributed by atoms with Gasteiger partial charge in [0.15, 0.2) is 0 Å². The number of nitrogens with two attached hydrogens (primary N) is 1. The Morgan fingerprint density at radius 1 is 0.957 bits per heavy atom. The molecule has 0 atom stereocenters. The molecule has 3 rings (SSSR count). The number of nitrogens with zero attached hydrogens (tertiary/aromatic N) is 2. The molecule has 2 N–H and O–H groups in total. The second kappa shape index (κ2) is 6.29. The van der Waals surface area contributed by atoms with E-state index in [2.05, 4.69) is 11.1 Å². The van der Waals surface area contributed by atoms with Gasteiger partial charge in [0.2, 0.25) is 0 Å². The van der Waals surface area contributed by atoms with Crippen LogP contribution in [0.3, 0.4) is 0 Å². The maximum Gasteiger partial charge on any atom is 0.142 e. The van der Waals surface area contributed by atoms with Crippen molar-refractivity contribution in [1.82, 2.24) is 4.98 Å². The van der Waals surface area contributed by atoms with Crippen LogP contribution < -0.4 is 5.73 Å². The Labute approximate surface area is 143 Å². The molecule has 23 heavy (non-hydrogen) atoms. The fraction of sp³-hybridized carbons (Fsp3) is 0. The van der Waals surface area contributed by atoms with Crippen LogP contribution >= 0.6 is 23.2 Å². The molecule has 0 saturated heterocycles. The average Bonchev–Trinajstić information content (AvgIpc) is 2.55. The Kier molecular flexibility index (Phi) is 4.20. The number of hydrogen-bond acceptors (Lipinski definition) is 3. The van der Waals surface area contributed by atoms with E-state index in [1.807, 2.05) is 36.4 Å². The molecule has 0 aliphatic carbocycles. The van der Waals surface area contributed by atoms with Crippen molar-refractivity contribution >= 4 is 29.0 Å². The summed E-state index contributed by atoms with van der Waals surface area (Å²) in [7, 11) is 0. The van der Waals surface area contributed by atoms with Crippen molar-refractivity contribution in [3.8, 4) is 28.5 Å². The summed E-state index contributed by atoms with van der Waals surface area (Å²) in [4.78, 5) is 4.33. The van der Waals surface area contributed by atoms with Crippen LogP contribution in [-0.4, -0.2) is 4.98 Å². The van der Waals surface area contributed by atoms with Crippen LogP contribution in [-0.2, 0) is 0 Å². The first-order valence-electron chi connectivity index (χ1n) is 6.81. The van der Waals surface area contributed by atoms with Crippen molar-refractivity contribution in [2.24, 2.45) is 0 Å². The topological polar surface area (TPSA) is 62.7 Å². The van der Waals surface area contributed by atoms with Crippen LogP contribution in [0.4, 0.5) is 5.82 Å². The molecule has 0 radical (unpaired) electrons. The number of anilines is 1. The van der Waals surface area contributed by atoms with Gasteiger partial charge in [0.25, 0.3) is 0 Å². The summed E-state index contributed by atoms with van der Waals surface area (Å²) in [5.74, 6) is 0.176. The Hall–Kier alpha value is -2.54. The minimum atomic E-state index is 0.176. The summed E-state index contributed by atoms with van der Waals surface area (Å²) >= 11 is 12.2. The third kappa shape index (κ3) is 3.00. The third-order valence-corrected chi connectivity index (χ3v) is 4.00. The van der Waals surface area contributed by atoms with E-state index in [1.165, 1.54) is 0 Å². The standard InChI is InChI=1S/C18H11Cl2N3/c19-12-6-7-13(16(20)8-12)14-9-17(11-4-2-1-3-5-11)23-18(22)15(14)10-21/h1-9H,(H2,22,23). The molecule has 0 fully saturated rings. The highest BCUT2D eigenvalue weighted by molar-refractivity contribution is 6.36. The summed E-state index contributed by atoms with van der Waals surface area (Å²) < 4.78 is 0. The normalized spacial score (nSPS) is 10.3. The number of pyridine rings is 1. The van der Waals surface area contributed by atoms with E-state index in [1.54, 1.807) is 18.2 Å². The van der Waals surface area contributed by atoms with Gasteiger partial charge < -0.3 is 5.73 Å². The first-order valence-corrected chi connectivity index (χ1v) is 7.57. The van der Waals surface area contributed by atoms with Crippen molar-refractivity contribution in [3.05, 3.63) is 70.2 Å². The highest BCUT2D eigenvalue weighted by Crippen LogP contribution is 2.36. The summed E-state index contributed by atoms with van der Waals surface area (Å²) in [5, 5.41) is 10.4. The summed E-state index contributed by atoms with van der Waals surface area (Å²) in [6.45, 7) is 0. The zero-order chi connectivity index (χ0) is 16.4. The molecule has 1 aromatic heterocycles. The van der Waals surface area contributed by atoms with E-state index >= 15 is 0 Å². The van der Waals surface area contributed by atoms with E-state index in [0.29, 0.717) is 32.4 Å². The van der Waals surface area contributed by atoms with E-state index in [0.717, 1.165) is 5.56 Å². The maximum atomic E-state index is 9.43. The molecule has 0 aliphatic heterocycles. The van der Waals surface area contributed by atoms with Gasteiger partial charge in [0.05, 0.1) is 5.69 Å².